The highest BCUT2D eigenvalue weighted by atomic mass is 16.5. The first kappa shape index (κ1) is 45.6. The largest absolute Gasteiger partial charge is 0.480 e. The second-order valence-corrected chi connectivity index (χ2v) is 15.1. The normalized spacial score (nSPS) is 19.7. The Labute approximate surface area is 315 Å². The number of hydrogen-bond donors (Lipinski definition) is 4. The first-order chi connectivity index (χ1) is 24.9. The second kappa shape index (κ2) is 21.3. The third-order valence-corrected chi connectivity index (χ3v) is 10.7. The van der Waals surface area contributed by atoms with E-state index in [0.717, 1.165) is 5.56 Å². The molecule has 1 aromatic rings. The fourth-order valence-corrected chi connectivity index (χ4v) is 7.52. The second-order valence-electron chi connectivity index (χ2n) is 15.1. The average molecular weight is 748 g/mol. The summed E-state index contributed by atoms with van der Waals surface area (Å²) in [7, 11) is 8.03. The van der Waals surface area contributed by atoms with E-state index < -0.39 is 72.2 Å². The molecule has 14 nitrogen and oxygen atoms in total. The summed E-state index contributed by atoms with van der Waals surface area (Å²) in [4.78, 5) is 71.9. The quantitative estimate of drug-likeness (QED) is 0.146. The van der Waals surface area contributed by atoms with Crippen LogP contribution in [0.1, 0.15) is 72.8 Å². The van der Waals surface area contributed by atoms with Crippen LogP contribution in [-0.2, 0) is 39.9 Å². The number of aliphatic hydroxyl groups is 1. The van der Waals surface area contributed by atoms with Crippen molar-refractivity contribution < 1.29 is 43.7 Å². The summed E-state index contributed by atoms with van der Waals surface area (Å²) in [6, 6.07) is 5.22. The van der Waals surface area contributed by atoms with Gasteiger partial charge in [0.2, 0.25) is 23.6 Å². The predicted octanol–water partition coefficient (Wildman–Crippen LogP) is 2.17. The SMILES string of the molecule is CCC(C)C(C(CC(=O)N1CCCC1C(OC)C(C)C(=O)NC(Cc1ccccc1)C(=O)O)OC)N(C)C(=O)C(NC(=O)C(C(C)O)N(C)C)C(C)C. The van der Waals surface area contributed by atoms with E-state index in [1.165, 1.54) is 21.1 Å². The number of nitrogens with one attached hydrogen (secondary N) is 2. The van der Waals surface area contributed by atoms with Crippen molar-refractivity contribution in [3.05, 3.63) is 35.9 Å². The molecule has 0 saturated carbocycles. The van der Waals surface area contributed by atoms with Crippen molar-refractivity contribution in [3.8, 4) is 0 Å². The molecule has 0 spiro atoms. The molecule has 0 aliphatic carbocycles. The van der Waals surface area contributed by atoms with E-state index in [2.05, 4.69) is 10.6 Å². The minimum Gasteiger partial charge on any atom is -0.480 e. The first-order valence-corrected chi connectivity index (χ1v) is 18.7. The summed E-state index contributed by atoms with van der Waals surface area (Å²) >= 11 is 0. The lowest BCUT2D eigenvalue weighted by molar-refractivity contribution is -0.148. The lowest BCUT2D eigenvalue weighted by atomic mass is 9.89. The van der Waals surface area contributed by atoms with Crippen LogP contribution in [0.15, 0.2) is 30.3 Å². The molecule has 14 heteroatoms. The zero-order valence-electron chi connectivity index (χ0n) is 33.6. The minimum absolute atomic E-state index is 0.0434. The molecule has 1 aliphatic heterocycles. The number of aliphatic hydroxyl groups excluding tert-OH is 1. The van der Waals surface area contributed by atoms with Gasteiger partial charge in [0.15, 0.2) is 0 Å². The number of rotatable bonds is 21. The van der Waals surface area contributed by atoms with Gasteiger partial charge in [-0.2, -0.15) is 0 Å². The van der Waals surface area contributed by atoms with Crippen molar-refractivity contribution in [1.82, 2.24) is 25.3 Å². The number of amides is 4. The molecule has 4 amide bonds. The summed E-state index contributed by atoms with van der Waals surface area (Å²) in [5.41, 5.74) is 0.776. The fraction of sp³-hybridized carbons (Fsp3) is 0.718. The van der Waals surface area contributed by atoms with E-state index in [1.807, 2.05) is 45.9 Å². The predicted molar refractivity (Wildman–Crippen MR) is 202 cm³/mol. The van der Waals surface area contributed by atoms with Gasteiger partial charge in [0.1, 0.15) is 18.1 Å². The molecule has 4 N–H and O–H groups in total. The molecule has 0 bridgehead atoms. The third kappa shape index (κ3) is 12.2. The molecular weight excluding hydrogens is 682 g/mol. The van der Waals surface area contributed by atoms with Crippen LogP contribution in [0, 0.1) is 17.8 Å². The molecule has 10 unspecified atom stereocenters. The van der Waals surface area contributed by atoms with Crippen LogP contribution in [0.5, 0.6) is 0 Å². The van der Waals surface area contributed by atoms with Crippen LogP contribution in [0.3, 0.4) is 0 Å². The number of aliphatic carboxylic acids is 1. The Morgan fingerprint density at radius 1 is 0.943 bits per heavy atom. The summed E-state index contributed by atoms with van der Waals surface area (Å²) in [5.74, 6) is -3.76. The molecule has 1 saturated heterocycles. The van der Waals surface area contributed by atoms with Gasteiger partial charge in [0.05, 0.1) is 42.7 Å². The Morgan fingerprint density at radius 2 is 1.57 bits per heavy atom. The van der Waals surface area contributed by atoms with Crippen LogP contribution in [0.4, 0.5) is 0 Å². The molecular formula is C39H65N5O9. The van der Waals surface area contributed by atoms with Gasteiger partial charge >= 0.3 is 5.97 Å². The van der Waals surface area contributed by atoms with E-state index in [1.54, 1.807) is 54.9 Å². The van der Waals surface area contributed by atoms with Crippen molar-refractivity contribution in [2.75, 3.05) is 41.9 Å². The molecule has 1 aliphatic rings. The topological polar surface area (TPSA) is 178 Å². The highest BCUT2D eigenvalue weighted by Crippen LogP contribution is 2.30. The van der Waals surface area contributed by atoms with E-state index in [-0.39, 0.29) is 36.5 Å². The molecule has 1 fully saturated rings. The third-order valence-electron chi connectivity index (χ3n) is 10.7. The number of hydrogen-bond acceptors (Lipinski definition) is 9. The van der Waals surface area contributed by atoms with E-state index in [9.17, 15) is 34.2 Å². The Hall–Kier alpha value is -3.59. The summed E-state index contributed by atoms with van der Waals surface area (Å²) in [6.07, 6.45) is -0.314. The molecule has 0 radical (unpaired) electrons. The Morgan fingerprint density at radius 3 is 2.06 bits per heavy atom. The molecule has 2 rings (SSSR count). The van der Waals surface area contributed by atoms with Gasteiger partial charge in [0, 0.05) is 34.2 Å². The van der Waals surface area contributed by atoms with E-state index in [4.69, 9.17) is 9.47 Å². The van der Waals surface area contributed by atoms with Crippen molar-refractivity contribution in [2.24, 2.45) is 17.8 Å². The maximum Gasteiger partial charge on any atom is 0.326 e. The lowest BCUT2D eigenvalue weighted by Gasteiger charge is -2.41. The lowest BCUT2D eigenvalue weighted by Crippen LogP contribution is -2.60. The smallest absolute Gasteiger partial charge is 0.326 e. The zero-order chi connectivity index (χ0) is 40.2. The number of benzene rings is 1. The van der Waals surface area contributed by atoms with Crippen LogP contribution in [-0.4, -0.2) is 145 Å². The highest BCUT2D eigenvalue weighted by Gasteiger charge is 2.43. The number of carbonyl (C=O) groups excluding carboxylic acids is 4. The van der Waals surface area contributed by atoms with Crippen molar-refractivity contribution in [3.63, 3.8) is 0 Å². The standard InChI is InChI=1S/C39H65N5O9/c1-12-24(4)33(43(9)38(49)32(23(2)3)41-37(48)34(26(6)45)42(7)8)30(52-10)22-31(46)44-20-16-19-29(44)35(53-11)25(5)36(47)40-28(39(50)51)21-27-17-14-13-15-18-27/h13-15,17-18,23-26,28-30,32-35,45H,12,16,19-22H2,1-11H3,(H,40,47)(H,41,48)(H,50,51). The van der Waals surface area contributed by atoms with Gasteiger partial charge in [-0.05, 0) is 51.3 Å². The van der Waals surface area contributed by atoms with Gasteiger partial charge < -0.3 is 40.1 Å². The number of ether oxygens (including phenoxy) is 2. The summed E-state index contributed by atoms with van der Waals surface area (Å²) in [5, 5.41) is 25.6. The Bertz CT molecular complexity index is 1340. The minimum atomic E-state index is -1.15. The molecule has 300 valence electrons. The van der Waals surface area contributed by atoms with Gasteiger partial charge in [-0.1, -0.05) is 71.4 Å². The van der Waals surface area contributed by atoms with Crippen LogP contribution >= 0.6 is 0 Å². The van der Waals surface area contributed by atoms with Crippen LogP contribution in [0.25, 0.3) is 0 Å². The molecule has 1 heterocycles. The Balaban J connectivity index is 2.27. The van der Waals surface area contributed by atoms with Crippen LogP contribution in [0.2, 0.25) is 0 Å². The maximum atomic E-state index is 14.1. The average Bonchev–Trinajstić information content (AvgIpc) is 3.59. The molecule has 10 atom stereocenters. The maximum absolute atomic E-state index is 14.1. The number of methoxy groups -OCH3 is 2. The van der Waals surface area contributed by atoms with Crippen molar-refractivity contribution in [2.45, 2.75) is 122 Å². The van der Waals surface area contributed by atoms with Crippen LogP contribution < -0.4 is 10.6 Å². The first-order valence-electron chi connectivity index (χ1n) is 18.7. The number of carboxylic acids is 1. The molecule has 53 heavy (non-hydrogen) atoms. The highest BCUT2D eigenvalue weighted by molar-refractivity contribution is 5.90. The number of likely N-dealkylation sites (tertiary alicyclic amines) is 1. The molecule has 1 aromatic carbocycles. The number of carbonyl (C=O) groups is 5. The van der Waals surface area contributed by atoms with E-state index in [0.29, 0.717) is 25.8 Å². The van der Waals surface area contributed by atoms with Gasteiger partial charge in [0.25, 0.3) is 0 Å². The van der Waals surface area contributed by atoms with Gasteiger partial charge in [-0.3, -0.25) is 24.1 Å². The zero-order valence-corrected chi connectivity index (χ0v) is 33.6. The Kier molecular flexibility index (Phi) is 18.3. The van der Waals surface area contributed by atoms with Crippen molar-refractivity contribution in [1.29, 1.82) is 0 Å². The monoisotopic (exact) mass is 747 g/mol. The summed E-state index contributed by atoms with van der Waals surface area (Å²) < 4.78 is 11.8. The number of nitrogens with zero attached hydrogens (tertiary/aromatic N) is 3. The van der Waals surface area contributed by atoms with E-state index >= 15 is 0 Å². The number of carboxylic acid groups (broad SMARTS) is 1. The molecule has 0 aromatic heterocycles. The van der Waals surface area contributed by atoms with Gasteiger partial charge in [-0.15, -0.1) is 0 Å². The van der Waals surface area contributed by atoms with Gasteiger partial charge in [-0.25, -0.2) is 4.79 Å². The fourth-order valence-electron chi connectivity index (χ4n) is 7.52. The number of likely N-dealkylation sites (N-methyl/N-ethyl adjacent to an activating group) is 2. The van der Waals surface area contributed by atoms with Crippen molar-refractivity contribution >= 4 is 29.6 Å². The summed E-state index contributed by atoms with van der Waals surface area (Å²) in [6.45, 7) is 11.3.